The molecule has 25 heavy (non-hydrogen) atoms. The molecule has 0 amide bonds. The van der Waals surface area contributed by atoms with E-state index in [2.05, 4.69) is 12.2 Å². The Morgan fingerprint density at radius 2 is 1.28 bits per heavy atom. The van der Waals surface area contributed by atoms with Crippen LogP contribution in [0.1, 0.15) is 22.3 Å². The van der Waals surface area contributed by atoms with E-state index in [-0.39, 0.29) is 0 Å². The Morgan fingerprint density at radius 3 is 1.80 bits per heavy atom. The smallest absolute Gasteiger partial charge is 0.0981 e. The van der Waals surface area contributed by atoms with E-state index in [0.717, 1.165) is 63.6 Å². The number of anilines is 2. The van der Waals surface area contributed by atoms with Gasteiger partial charge in [0.05, 0.1) is 62.2 Å². The van der Waals surface area contributed by atoms with E-state index in [4.69, 9.17) is 24.7 Å². The summed E-state index contributed by atoms with van der Waals surface area (Å²) in [5.41, 5.74) is 13.9. The zero-order valence-electron chi connectivity index (χ0n) is 14.7. The molecule has 4 heterocycles. The molecule has 4 fully saturated rings. The van der Waals surface area contributed by atoms with Crippen LogP contribution in [0.25, 0.3) is 0 Å². The number of nitrogens with one attached hydrogen (secondary N) is 1. The van der Waals surface area contributed by atoms with Crippen molar-refractivity contribution >= 4 is 11.4 Å². The van der Waals surface area contributed by atoms with E-state index in [9.17, 15) is 0 Å². The van der Waals surface area contributed by atoms with E-state index in [1.165, 1.54) is 22.3 Å². The summed E-state index contributed by atoms with van der Waals surface area (Å²) in [4.78, 5) is 0. The SMILES string of the molecule is Cc1c(CC2CO2)c(CC2CO2)c(CC2CO2)c(N)c1NCC1CO1. The normalized spacial score (nSPS) is 31.7. The molecule has 0 saturated carbocycles. The second-order valence-electron chi connectivity index (χ2n) is 7.66. The van der Waals surface area contributed by atoms with E-state index in [0.29, 0.717) is 24.4 Å². The molecular formula is C19H26N2O4. The lowest BCUT2D eigenvalue weighted by atomic mass is 9.86. The molecule has 0 spiro atoms. The first-order valence-corrected chi connectivity index (χ1v) is 9.32. The lowest BCUT2D eigenvalue weighted by Crippen LogP contribution is -2.18. The molecule has 6 heteroatoms. The average Bonchev–Trinajstić information content (AvgIpc) is 3.45. The fraction of sp³-hybridized carbons (Fsp3) is 0.684. The van der Waals surface area contributed by atoms with Crippen LogP contribution in [0.3, 0.4) is 0 Å². The van der Waals surface area contributed by atoms with Crippen LogP contribution in [0.2, 0.25) is 0 Å². The van der Waals surface area contributed by atoms with Gasteiger partial charge >= 0.3 is 0 Å². The first-order valence-electron chi connectivity index (χ1n) is 9.32. The van der Waals surface area contributed by atoms with Crippen molar-refractivity contribution < 1.29 is 18.9 Å². The van der Waals surface area contributed by atoms with Gasteiger partial charge in [-0.3, -0.25) is 0 Å². The largest absolute Gasteiger partial charge is 0.397 e. The molecule has 1 aromatic rings. The summed E-state index contributed by atoms with van der Waals surface area (Å²) in [6.07, 6.45) is 4.13. The Labute approximate surface area is 147 Å². The molecule has 4 unspecified atom stereocenters. The van der Waals surface area contributed by atoms with Crippen molar-refractivity contribution in [2.24, 2.45) is 0 Å². The molecule has 4 aliphatic heterocycles. The van der Waals surface area contributed by atoms with Crippen molar-refractivity contribution in [3.05, 3.63) is 22.3 Å². The number of nitrogen functional groups attached to an aromatic ring is 1. The van der Waals surface area contributed by atoms with Crippen LogP contribution < -0.4 is 11.1 Å². The molecule has 1 aromatic carbocycles. The van der Waals surface area contributed by atoms with E-state index >= 15 is 0 Å². The Hall–Kier alpha value is -1.34. The molecule has 4 atom stereocenters. The molecule has 136 valence electrons. The predicted octanol–water partition coefficient (Wildman–Crippen LogP) is 1.21. The number of epoxide rings is 4. The molecule has 0 radical (unpaired) electrons. The number of nitrogens with two attached hydrogens (primary N) is 1. The highest BCUT2D eigenvalue weighted by atomic mass is 16.6. The maximum Gasteiger partial charge on any atom is 0.0981 e. The fourth-order valence-electron chi connectivity index (χ4n) is 3.70. The second-order valence-corrected chi connectivity index (χ2v) is 7.66. The van der Waals surface area contributed by atoms with Gasteiger partial charge < -0.3 is 30.0 Å². The van der Waals surface area contributed by atoms with Crippen LogP contribution in [0.15, 0.2) is 0 Å². The Bertz CT molecular complexity index is 635. The maximum atomic E-state index is 6.65. The molecule has 0 aliphatic carbocycles. The van der Waals surface area contributed by atoms with Crippen molar-refractivity contribution in [1.82, 2.24) is 0 Å². The van der Waals surface area contributed by atoms with Crippen LogP contribution in [0.4, 0.5) is 11.4 Å². The minimum absolute atomic E-state index is 0.313. The van der Waals surface area contributed by atoms with Crippen LogP contribution in [0.5, 0.6) is 0 Å². The Balaban J connectivity index is 1.54. The van der Waals surface area contributed by atoms with Crippen molar-refractivity contribution in [2.75, 3.05) is 44.0 Å². The van der Waals surface area contributed by atoms with Gasteiger partial charge in [0.15, 0.2) is 0 Å². The number of hydrogen-bond acceptors (Lipinski definition) is 6. The summed E-state index contributed by atoms with van der Waals surface area (Å²) in [6, 6.07) is 0. The summed E-state index contributed by atoms with van der Waals surface area (Å²) in [5.74, 6) is 0. The minimum Gasteiger partial charge on any atom is -0.397 e. The van der Waals surface area contributed by atoms with Crippen molar-refractivity contribution in [2.45, 2.75) is 50.6 Å². The Kier molecular flexibility index (Phi) is 3.89. The van der Waals surface area contributed by atoms with Crippen LogP contribution in [0, 0.1) is 6.92 Å². The first-order chi connectivity index (χ1) is 12.2. The zero-order valence-corrected chi connectivity index (χ0v) is 14.7. The molecule has 3 N–H and O–H groups in total. The highest BCUT2D eigenvalue weighted by Gasteiger charge is 2.34. The monoisotopic (exact) mass is 346 g/mol. The standard InChI is InChI=1S/C19H26N2O4/c1-10-15(2-11-6-22-11)16(3-12-7-23-12)17(4-13-8-24-13)18(20)19(10)21-5-14-9-25-14/h11-14,21H,2-9,20H2,1H3. The highest BCUT2D eigenvalue weighted by Crippen LogP contribution is 2.40. The zero-order chi connectivity index (χ0) is 17.0. The van der Waals surface area contributed by atoms with Gasteiger partial charge in [-0.05, 0) is 29.2 Å². The van der Waals surface area contributed by atoms with E-state index in [1.54, 1.807) is 0 Å². The number of ether oxygens (including phenoxy) is 4. The summed E-state index contributed by atoms with van der Waals surface area (Å²) in [6.45, 7) is 6.40. The fourth-order valence-corrected chi connectivity index (χ4v) is 3.70. The third-order valence-corrected chi connectivity index (χ3v) is 5.56. The highest BCUT2D eigenvalue weighted by molar-refractivity contribution is 5.78. The summed E-state index contributed by atoms with van der Waals surface area (Å²) in [5, 5.41) is 3.54. The van der Waals surface area contributed by atoms with Gasteiger partial charge in [-0.15, -0.1) is 0 Å². The minimum atomic E-state index is 0.313. The summed E-state index contributed by atoms with van der Waals surface area (Å²) < 4.78 is 21.9. The lowest BCUT2D eigenvalue weighted by molar-refractivity contribution is 0.398. The molecular weight excluding hydrogens is 320 g/mol. The van der Waals surface area contributed by atoms with Gasteiger partial charge in [0.2, 0.25) is 0 Å². The van der Waals surface area contributed by atoms with Crippen LogP contribution >= 0.6 is 0 Å². The second kappa shape index (κ2) is 6.13. The maximum absolute atomic E-state index is 6.65. The van der Waals surface area contributed by atoms with Crippen molar-refractivity contribution in [3.8, 4) is 0 Å². The number of hydrogen-bond donors (Lipinski definition) is 2. The van der Waals surface area contributed by atoms with Gasteiger partial charge in [0.25, 0.3) is 0 Å². The quantitative estimate of drug-likeness (QED) is 0.516. The van der Waals surface area contributed by atoms with Crippen LogP contribution in [-0.2, 0) is 38.2 Å². The first kappa shape index (κ1) is 15.9. The topological polar surface area (TPSA) is 88.2 Å². The van der Waals surface area contributed by atoms with Gasteiger partial charge in [0.1, 0.15) is 0 Å². The average molecular weight is 346 g/mol. The summed E-state index contributed by atoms with van der Waals surface area (Å²) in [7, 11) is 0. The lowest BCUT2D eigenvalue weighted by Gasteiger charge is -2.24. The van der Waals surface area contributed by atoms with Gasteiger partial charge in [-0.25, -0.2) is 0 Å². The van der Waals surface area contributed by atoms with Gasteiger partial charge in [-0.2, -0.15) is 0 Å². The summed E-state index contributed by atoms with van der Waals surface area (Å²) >= 11 is 0. The number of benzene rings is 1. The van der Waals surface area contributed by atoms with Crippen molar-refractivity contribution in [1.29, 1.82) is 0 Å². The van der Waals surface area contributed by atoms with Gasteiger partial charge in [-0.1, -0.05) is 0 Å². The molecule has 4 saturated heterocycles. The van der Waals surface area contributed by atoms with E-state index < -0.39 is 0 Å². The molecule has 0 bridgehead atoms. The third kappa shape index (κ3) is 3.62. The molecule has 0 aromatic heterocycles. The van der Waals surface area contributed by atoms with Crippen LogP contribution in [-0.4, -0.2) is 57.4 Å². The number of rotatable bonds is 9. The predicted molar refractivity (Wildman–Crippen MR) is 94.2 cm³/mol. The molecule has 5 rings (SSSR count). The molecule has 4 aliphatic rings. The van der Waals surface area contributed by atoms with E-state index in [1.807, 2.05) is 0 Å². The molecule has 6 nitrogen and oxygen atoms in total. The van der Waals surface area contributed by atoms with Crippen molar-refractivity contribution in [3.63, 3.8) is 0 Å². The van der Waals surface area contributed by atoms with Gasteiger partial charge in [0, 0.05) is 25.8 Å². The Morgan fingerprint density at radius 1 is 0.800 bits per heavy atom. The third-order valence-electron chi connectivity index (χ3n) is 5.56.